The molecule has 0 saturated heterocycles. The minimum Gasteiger partial charge on any atom is -0.389 e. The molecule has 5 nitrogen and oxygen atoms in total. The second-order valence-electron chi connectivity index (χ2n) is 5.67. The zero-order valence-electron chi connectivity index (χ0n) is 12.3. The van der Waals surface area contributed by atoms with Gasteiger partial charge >= 0.3 is 0 Å². The van der Waals surface area contributed by atoms with Crippen LogP contribution in [0.15, 0.2) is 24.3 Å². The number of hydrogen-bond donors (Lipinski definition) is 3. The predicted molar refractivity (Wildman–Crippen MR) is 81.1 cm³/mol. The van der Waals surface area contributed by atoms with Gasteiger partial charge in [-0.25, -0.2) is 0 Å². The summed E-state index contributed by atoms with van der Waals surface area (Å²) in [5.74, 6) is -0.350. The maximum atomic E-state index is 12.0. The van der Waals surface area contributed by atoms with Crippen molar-refractivity contribution in [2.24, 2.45) is 0 Å². The standard InChI is InChI=1S/C16H22N2O3/c1-17-15(20)12-5-7-13(8-6-12)18-14(19)11-16(21)9-3-2-4-10-16/h5-8,21H,2-4,9-11H2,1H3,(H,17,20)(H,18,19). The average Bonchev–Trinajstić information content (AvgIpc) is 2.47. The van der Waals surface area contributed by atoms with Crippen LogP contribution in [0.3, 0.4) is 0 Å². The molecular formula is C16H22N2O3. The molecule has 1 aromatic rings. The van der Waals surface area contributed by atoms with Crippen molar-refractivity contribution in [2.75, 3.05) is 12.4 Å². The highest BCUT2D eigenvalue weighted by Crippen LogP contribution is 2.31. The van der Waals surface area contributed by atoms with Crippen LogP contribution in [-0.4, -0.2) is 29.6 Å². The van der Waals surface area contributed by atoms with E-state index in [-0.39, 0.29) is 18.2 Å². The minimum absolute atomic E-state index is 0.129. The van der Waals surface area contributed by atoms with Crippen LogP contribution in [0.4, 0.5) is 5.69 Å². The molecule has 0 spiro atoms. The molecule has 2 amide bonds. The molecule has 21 heavy (non-hydrogen) atoms. The second kappa shape index (κ2) is 6.72. The Bertz CT molecular complexity index is 505. The number of rotatable bonds is 4. The molecule has 1 aromatic carbocycles. The SMILES string of the molecule is CNC(=O)c1ccc(NC(=O)CC2(O)CCCCC2)cc1. The maximum absolute atomic E-state index is 12.0. The number of nitrogens with one attached hydrogen (secondary N) is 2. The van der Waals surface area contributed by atoms with Gasteiger partial charge in [-0.05, 0) is 37.1 Å². The van der Waals surface area contributed by atoms with E-state index < -0.39 is 5.60 Å². The van der Waals surface area contributed by atoms with Crippen molar-refractivity contribution < 1.29 is 14.7 Å². The Morgan fingerprint density at radius 3 is 2.33 bits per heavy atom. The van der Waals surface area contributed by atoms with Gasteiger partial charge in [0.05, 0.1) is 12.0 Å². The van der Waals surface area contributed by atoms with Crippen molar-refractivity contribution in [3.8, 4) is 0 Å². The quantitative estimate of drug-likeness (QED) is 0.794. The summed E-state index contributed by atoms with van der Waals surface area (Å²) < 4.78 is 0. The first-order chi connectivity index (χ1) is 10.0. The van der Waals surface area contributed by atoms with Gasteiger partial charge in [0.1, 0.15) is 0 Å². The smallest absolute Gasteiger partial charge is 0.251 e. The highest BCUT2D eigenvalue weighted by Gasteiger charge is 2.31. The van der Waals surface area contributed by atoms with Gasteiger partial charge in [0.15, 0.2) is 0 Å². The summed E-state index contributed by atoms with van der Waals surface area (Å²) >= 11 is 0. The van der Waals surface area contributed by atoms with Crippen LogP contribution in [-0.2, 0) is 4.79 Å². The van der Waals surface area contributed by atoms with Gasteiger partial charge in [-0.15, -0.1) is 0 Å². The van der Waals surface area contributed by atoms with Crippen LogP contribution in [0.25, 0.3) is 0 Å². The van der Waals surface area contributed by atoms with E-state index in [4.69, 9.17) is 0 Å². The average molecular weight is 290 g/mol. The molecule has 0 unspecified atom stereocenters. The van der Waals surface area contributed by atoms with Crippen LogP contribution < -0.4 is 10.6 Å². The molecule has 2 rings (SSSR count). The number of amides is 2. The number of benzene rings is 1. The Hall–Kier alpha value is -1.88. The first-order valence-corrected chi connectivity index (χ1v) is 7.37. The van der Waals surface area contributed by atoms with Crippen LogP contribution >= 0.6 is 0 Å². The third-order valence-electron chi connectivity index (χ3n) is 3.93. The van der Waals surface area contributed by atoms with Gasteiger partial charge in [0, 0.05) is 18.3 Å². The van der Waals surface area contributed by atoms with Crippen molar-refractivity contribution in [3.63, 3.8) is 0 Å². The van der Waals surface area contributed by atoms with E-state index >= 15 is 0 Å². The molecule has 0 heterocycles. The Balaban J connectivity index is 1.91. The first kappa shape index (κ1) is 15.5. The number of anilines is 1. The molecule has 1 aliphatic rings. The molecule has 1 aliphatic carbocycles. The highest BCUT2D eigenvalue weighted by atomic mass is 16.3. The zero-order valence-corrected chi connectivity index (χ0v) is 12.3. The van der Waals surface area contributed by atoms with Gasteiger partial charge in [-0.1, -0.05) is 19.3 Å². The summed E-state index contributed by atoms with van der Waals surface area (Å²) in [6, 6.07) is 6.69. The fourth-order valence-corrected chi connectivity index (χ4v) is 2.74. The van der Waals surface area contributed by atoms with Crippen LogP contribution in [0, 0.1) is 0 Å². The van der Waals surface area contributed by atoms with E-state index in [1.807, 2.05) is 0 Å². The third-order valence-corrected chi connectivity index (χ3v) is 3.93. The van der Waals surface area contributed by atoms with Crippen molar-refractivity contribution >= 4 is 17.5 Å². The van der Waals surface area contributed by atoms with Crippen LogP contribution in [0.1, 0.15) is 48.9 Å². The number of carbonyl (C=O) groups excluding carboxylic acids is 2. The monoisotopic (exact) mass is 290 g/mol. The summed E-state index contributed by atoms with van der Waals surface area (Å²) in [6.45, 7) is 0. The fraction of sp³-hybridized carbons (Fsp3) is 0.500. The minimum atomic E-state index is -0.857. The van der Waals surface area contributed by atoms with Gasteiger partial charge < -0.3 is 15.7 Å². The van der Waals surface area contributed by atoms with Crippen molar-refractivity contribution in [3.05, 3.63) is 29.8 Å². The predicted octanol–water partition coefficient (Wildman–Crippen LogP) is 2.07. The van der Waals surface area contributed by atoms with E-state index in [2.05, 4.69) is 10.6 Å². The van der Waals surface area contributed by atoms with Gasteiger partial charge in [0.2, 0.25) is 5.91 Å². The Morgan fingerprint density at radius 1 is 1.14 bits per heavy atom. The molecule has 1 saturated carbocycles. The zero-order chi connectivity index (χ0) is 15.3. The molecule has 0 aliphatic heterocycles. The third kappa shape index (κ3) is 4.29. The number of aliphatic hydroxyl groups is 1. The molecule has 5 heteroatoms. The summed E-state index contributed by atoms with van der Waals surface area (Å²) in [4.78, 5) is 23.4. The largest absolute Gasteiger partial charge is 0.389 e. The molecule has 0 bridgehead atoms. The Labute approximate surface area is 124 Å². The molecule has 1 fully saturated rings. The van der Waals surface area contributed by atoms with E-state index in [0.717, 1.165) is 19.3 Å². The fourth-order valence-electron chi connectivity index (χ4n) is 2.74. The lowest BCUT2D eigenvalue weighted by Crippen LogP contribution is -2.35. The molecular weight excluding hydrogens is 268 g/mol. The van der Waals surface area contributed by atoms with E-state index in [1.54, 1.807) is 31.3 Å². The number of carbonyl (C=O) groups is 2. The maximum Gasteiger partial charge on any atom is 0.251 e. The molecule has 0 atom stereocenters. The lowest BCUT2D eigenvalue weighted by molar-refractivity contribution is -0.122. The van der Waals surface area contributed by atoms with E-state index in [1.165, 1.54) is 0 Å². The number of hydrogen-bond acceptors (Lipinski definition) is 3. The summed E-state index contributed by atoms with van der Waals surface area (Å²) in [5.41, 5.74) is 0.318. The summed E-state index contributed by atoms with van der Waals surface area (Å²) in [5, 5.41) is 15.7. The van der Waals surface area contributed by atoms with E-state index in [0.29, 0.717) is 24.1 Å². The second-order valence-corrected chi connectivity index (χ2v) is 5.67. The molecule has 114 valence electrons. The van der Waals surface area contributed by atoms with Crippen molar-refractivity contribution in [1.82, 2.24) is 5.32 Å². The Morgan fingerprint density at radius 2 is 1.76 bits per heavy atom. The van der Waals surface area contributed by atoms with Crippen LogP contribution in [0.2, 0.25) is 0 Å². The Kier molecular flexibility index (Phi) is 4.96. The topological polar surface area (TPSA) is 78.4 Å². The molecule has 0 radical (unpaired) electrons. The summed E-state index contributed by atoms with van der Waals surface area (Å²) in [6.07, 6.45) is 4.59. The molecule has 3 N–H and O–H groups in total. The van der Waals surface area contributed by atoms with Gasteiger partial charge in [-0.3, -0.25) is 9.59 Å². The van der Waals surface area contributed by atoms with Crippen molar-refractivity contribution in [2.45, 2.75) is 44.1 Å². The summed E-state index contributed by atoms with van der Waals surface area (Å²) in [7, 11) is 1.57. The lowest BCUT2D eigenvalue weighted by atomic mass is 9.82. The normalized spacial score (nSPS) is 17.0. The van der Waals surface area contributed by atoms with Crippen molar-refractivity contribution in [1.29, 1.82) is 0 Å². The van der Waals surface area contributed by atoms with Gasteiger partial charge in [0.25, 0.3) is 5.91 Å². The first-order valence-electron chi connectivity index (χ1n) is 7.37. The van der Waals surface area contributed by atoms with Crippen LogP contribution in [0.5, 0.6) is 0 Å². The van der Waals surface area contributed by atoms with E-state index in [9.17, 15) is 14.7 Å². The lowest BCUT2D eigenvalue weighted by Gasteiger charge is -2.31. The van der Waals surface area contributed by atoms with Gasteiger partial charge in [-0.2, -0.15) is 0 Å². The molecule has 0 aromatic heterocycles. The highest BCUT2D eigenvalue weighted by molar-refractivity contribution is 5.95.